The Morgan fingerprint density at radius 3 is 3.20 bits per heavy atom. The van der Waals surface area contributed by atoms with E-state index in [9.17, 15) is 5.11 Å². The van der Waals surface area contributed by atoms with Gasteiger partial charge in [-0.25, -0.2) is 4.98 Å². The second kappa shape index (κ2) is 4.60. The van der Waals surface area contributed by atoms with Gasteiger partial charge in [-0.2, -0.15) is 0 Å². The maximum absolute atomic E-state index is 9.35. The smallest absolute Gasteiger partial charge is 0.0795 e. The molecule has 4 heteroatoms. The number of likely N-dealkylation sites (tertiary alicyclic amines) is 1. The van der Waals surface area contributed by atoms with E-state index in [1.165, 1.54) is 6.42 Å². The first-order valence-corrected chi connectivity index (χ1v) is 6.36. The number of aliphatic hydroxyl groups excluding tert-OH is 1. The van der Waals surface area contributed by atoms with Crippen molar-refractivity contribution in [3.05, 3.63) is 16.6 Å². The molecule has 2 heterocycles. The van der Waals surface area contributed by atoms with Crippen molar-refractivity contribution in [1.82, 2.24) is 9.88 Å². The Bertz CT molecular complexity index is 302. The summed E-state index contributed by atoms with van der Waals surface area (Å²) in [6.07, 6.45) is 2.32. The van der Waals surface area contributed by atoms with Crippen molar-refractivity contribution in [3.63, 3.8) is 0 Å². The maximum Gasteiger partial charge on any atom is 0.0795 e. The third-order valence-corrected chi connectivity index (χ3v) is 3.75. The summed E-state index contributed by atoms with van der Waals surface area (Å²) in [5, 5.41) is 11.5. The van der Waals surface area contributed by atoms with Gasteiger partial charge in [0.2, 0.25) is 0 Å². The molecule has 1 N–H and O–H groups in total. The van der Waals surface area contributed by atoms with Gasteiger partial charge in [0.15, 0.2) is 0 Å². The molecule has 2 rings (SSSR count). The first-order chi connectivity index (χ1) is 7.22. The van der Waals surface area contributed by atoms with Crippen LogP contribution < -0.4 is 0 Å². The standard InChI is InChI=1S/C11H18N2OS/c1-11(8-14)3-2-4-13(7-11)5-10-6-15-9-12-10/h6,9,14H,2-5,7-8H2,1H3. The van der Waals surface area contributed by atoms with Crippen LogP contribution in [0.25, 0.3) is 0 Å². The summed E-state index contributed by atoms with van der Waals surface area (Å²) in [6.45, 7) is 5.51. The van der Waals surface area contributed by atoms with Gasteiger partial charge in [-0.1, -0.05) is 6.92 Å². The summed E-state index contributed by atoms with van der Waals surface area (Å²) < 4.78 is 0. The minimum Gasteiger partial charge on any atom is -0.396 e. The largest absolute Gasteiger partial charge is 0.396 e. The van der Waals surface area contributed by atoms with Crippen molar-refractivity contribution in [2.45, 2.75) is 26.3 Å². The Kier molecular flexibility index (Phi) is 3.38. The molecule has 0 aliphatic carbocycles. The number of aromatic nitrogens is 1. The zero-order valence-corrected chi connectivity index (χ0v) is 9.96. The number of thiazole rings is 1. The average molecular weight is 226 g/mol. The highest BCUT2D eigenvalue weighted by molar-refractivity contribution is 7.07. The molecular formula is C11H18N2OS. The zero-order chi connectivity index (χ0) is 10.7. The molecule has 0 radical (unpaired) electrons. The first kappa shape index (κ1) is 11.0. The van der Waals surface area contributed by atoms with Gasteiger partial charge >= 0.3 is 0 Å². The van der Waals surface area contributed by atoms with Crippen molar-refractivity contribution in [3.8, 4) is 0 Å². The Morgan fingerprint density at radius 1 is 1.67 bits per heavy atom. The van der Waals surface area contributed by atoms with Crippen LogP contribution in [0.2, 0.25) is 0 Å². The summed E-state index contributed by atoms with van der Waals surface area (Å²) in [7, 11) is 0. The topological polar surface area (TPSA) is 36.4 Å². The Hall–Kier alpha value is -0.450. The van der Waals surface area contributed by atoms with Crippen LogP contribution in [0.15, 0.2) is 10.9 Å². The monoisotopic (exact) mass is 226 g/mol. The predicted molar refractivity (Wildman–Crippen MR) is 61.8 cm³/mol. The molecule has 0 saturated carbocycles. The molecule has 0 aromatic carbocycles. The summed E-state index contributed by atoms with van der Waals surface area (Å²) in [5.41, 5.74) is 3.13. The molecular weight excluding hydrogens is 208 g/mol. The summed E-state index contributed by atoms with van der Waals surface area (Å²) in [5.74, 6) is 0. The van der Waals surface area contributed by atoms with Crippen LogP contribution in [0.5, 0.6) is 0 Å². The third-order valence-electron chi connectivity index (χ3n) is 3.11. The lowest BCUT2D eigenvalue weighted by Gasteiger charge is -2.39. The van der Waals surface area contributed by atoms with Crippen LogP contribution in [0.3, 0.4) is 0 Å². The lowest BCUT2D eigenvalue weighted by atomic mass is 9.83. The van der Waals surface area contributed by atoms with E-state index in [1.54, 1.807) is 11.3 Å². The van der Waals surface area contributed by atoms with Crippen molar-refractivity contribution < 1.29 is 5.11 Å². The van der Waals surface area contributed by atoms with Gasteiger partial charge in [-0.15, -0.1) is 11.3 Å². The van der Waals surface area contributed by atoms with E-state index in [4.69, 9.17) is 0 Å². The van der Waals surface area contributed by atoms with Crippen LogP contribution in [0.1, 0.15) is 25.5 Å². The molecule has 1 aliphatic rings. The normalized spacial score (nSPS) is 28.1. The SMILES string of the molecule is CC1(CO)CCCN(Cc2cscn2)C1. The predicted octanol–water partition coefficient (Wildman–Crippen LogP) is 1.74. The van der Waals surface area contributed by atoms with E-state index in [0.717, 1.165) is 31.7 Å². The van der Waals surface area contributed by atoms with Gasteiger partial charge in [0, 0.05) is 30.5 Å². The number of hydrogen-bond donors (Lipinski definition) is 1. The van der Waals surface area contributed by atoms with Gasteiger partial charge in [0.1, 0.15) is 0 Å². The molecule has 15 heavy (non-hydrogen) atoms. The summed E-state index contributed by atoms with van der Waals surface area (Å²) in [6, 6.07) is 0. The van der Waals surface area contributed by atoms with E-state index in [1.807, 2.05) is 5.51 Å². The number of piperidine rings is 1. The molecule has 1 aliphatic heterocycles. The van der Waals surface area contributed by atoms with Gasteiger partial charge in [-0.05, 0) is 19.4 Å². The van der Waals surface area contributed by atoms with E-state index in [0.29, 0.717) is 6.61 Å². The third kappa shape index (κ3) is 2.77. The first-order valence-electron chi connectivity index (χ1n) is 5.42. The number of nitrogens with zero attached hydrogens (tertiary/aromatic N) is 2. The van der Waals surface area contributed by atoms with Crippen LogP contribution in [0, 0.1) is 5.41 Å². The minimum atomic E-state index is 0.0915. The second-order valence-electron chi connectivity index (χ2n) is 4.76. The van der Waals surface area contributed by atoms with Gasteiger partial charge in [0.05, 0.1) is 11.2 Å². The number of aliphatic hydroxyl groups is 1. The summed E-state index contributed by atoms with van der Waals surface area (Å²) in [4.78, 5) is 6.70. The number of hydrogen-bond acceptors (Lipinski definition) is 4. The quantitative estimate of drug-likeness (QED) is 0.853. The fourth-order valence-corrected chi connectivity index (χ4v) is 2.79. The highest BCUT2D eigenvalue weighted by atomic mass is 32.1. The van der Waals surface area contributed by atoms with Gasteiger partial charge in [0.25, 0.3) is 0 Å². The fraction of sp³-hybridized carbons (Fsp3) is 0.727. The molecule has 0 amide bonds. The van der Waals surface area contributed by atoms with Crippen LogP contribution >= 0.6 is 11.3 Å². The Morgan fingerprint density at radius 2 is 2.53 bits per heavy atom. The van der Waals surface area contributed by atoms with Crippen LogP contribution in [-0.4, -0.2) is 34.7 Å². The molecule has 1 atom stereocenters. The molecule has 1 aromatic rings. The molecule has 0 bridgehead atoms. The zero-order valence-electron chi connectivity index (χ0n) is 9.15. The molecule has 3 nitrogen and oxygen atoms in total. The molecule has 1 aromatic heterocycles. The van der Waals surface area contributed by atoms with Gasteiger partial charge in [-0.3, -0.25) is 4.90 Å². The molecule has 1 saturated heterocycles. The van der Waals surface area contributed by atoms with E-state index in [-0.39, 0.29) is 5.41 Å². The van der Waals surface area contributed by atoms with Crippen LogP contribution in [0.4, 0.5) is 0 Å². The van der Waals surface area contributed by atoms with Crippen molar-refractivity contribution >= 4 is 11.3 Å². The molecule has 1 unspecified atom stereocenters. The fourth-order valence-electron chi connectivity index (χ4n) is 2.24. The molecule has 0 spiro atoms. The number of rotatable bonds is 3. The highest BCUT2D eigenvalue weighted by Crippen LogP contribution is 2.29. The Balaban J connectivity index is 1.93. The second-order valence-corrected chi connectivity index (χ2v) is 5.48. The minimum absolute atomic E-state index is 0.0915. The van der Waals surface area contributed by atoms with Crippen molar-refractivity contribution in [2.24, 2.45) is 5.41 Å². The van der Waals surface area contributed by atoms with E-state index >= 15 is 0 Å². The van der Waals surface area contributed by atoms with Crippen molar-refractivity contribution in [1.29, 1.82) is 0 Å². The van der Waals surface area contributed by atoms with E-state index in [2.05, 4.69) is 22.2 Å². The maximum atomic E-state index is 9.35. The summed E-state index contributed by atoms with van der Waals surface area (Å²) >= 11 is 1.65. The van der Waals surface area contributed by atoms with Crippen LogP contribution in [-0.2, 0) is 6.54 Å². The van der Waals surface area contributed by atoms with Gasteiger partial charge < -0.3 is 5.11 Å². The lowest BCUT2D eigenvalue weighted by Crippen LogP contribution is -2.43. The van der Waals surface area contributed by atoms with E-state index < -0.39 is 0 Å². The average Bonchev–Trinajstić information content (AvgIpc) is 2.71. The Labute approximate surface area is 94.8 Å². The highest BCUT2D eigenvalue weighted by Gasteiger charge is 2.30. The molecule has 84 valence electrons. The van der Waals surface area contributed by atoms with Crippen molar-refractivity contribution in [2.75, 3.05) is 19.7 Å². The molecule has 1 fully saturated rings. The lowest BCUT2D eigenvalue weighted by molar-refractivity contribution is 0.0424.